The summed E-state index contributed by atoms with van der Waals surface area (Å²) >= 11 is 0. The highest BCUT2D eigenvalue weighted by molar-refractivity contribution is 5.62. The van der Waals surface area contributed by atoms with Gasteiger partial charge in [-0.25, -0.2) is 0 Å². The Balaban J connectivity index is 2.07. The molecule has 0 atom stereocenters. The average Bonchev–Trinajstić information content (AvgIpc) is 2.52. The highest BCUT2D eigenvalue weighted by Crippen LogP contribution is 2.32. The summed E-state index contributed by atoms with van der Waals surface area (Å²) in [6.07, 6.45) is 0. The molecule has 1 N–H and O–H groups in total. The highest BCUT2D eigenvalue weighted by atomic mass is 16.5. The first-order valence-electron chi connectivity index (χ1n) is 7.19. The quantitative estimate of drug-likeness (QED) is 0.767. The number of ether oxygens (including phenoxy) is 3. The molecule has 5 nitrogen and oxygen atoms in total. The van der Waals surface area contributed by atoms with Crippen LogP contribution in [0.2, 0.25) is 0 Å². The monoisotopic (exact) mass is 280 g/mol. The smallest absolute Gasteiger partial charge is 0.142 e. The predicted octanol–water partition coefficient (Wildman–Crippen LogP) is 1.52. The van der Waals surface area contributed by atoms with Gasteiger partial charge in [0.1, 0.15) is 18.1 Å². The second-order valence-electron chi connectivity index (χ2n) is 4.62. The van der Waals surface area contributed by atoms with Crippen LogP contribution in [0.25, 0.3) is 0 Å². The van der Waals surface area contributed by atoms with E-state index in [4.69, 9.17) is 14.2 Å². The van der Waals surface area contributed by atoms with Gasteiger partial charge >= 0.3 is 0 Å². The van der Waals surface area contributed by atoms with Crippen LogP contribution in [0.1, 0.15) is 6.92 Å². The van der Waals surface area contributed by atoms with Crippen LogP contribution in [0.5, 0.6) is 11.5 Å². The van der Waals surface area contributed by atoms with Gasteiger partial charge in [-0.15, -0.1) is 0 Å². The van der Waals surface area contributed by atoms with E-state index in [1.54, 1.807) is 7.11 Å². The lowest BCUT2D eigenvalue weighted by molar-refractivity contribution is 0.110. The van der Waals surface area contributed by atoms with Crippen LogP contribution in [-0.2, 0) is 4.74 Å². The van der Waals surface area contributed by atoms with E-state index in [1.807, 2.05) is 25.1 Å². The van der Waals surface area contributed by atoms with E-state index < -0.39 is 0 Å². The maximum absolute atomic E-state index is 5.85. The van der Waals surface area contributed by atoms with Crippen molar-refractivity contribution in [3.05, 3.63) is 18.2 Å². The third-order valence-electron chi connectivity index (χ3n) is 3.31. The third kappa shape index (κ3) is 4.02. The molecule has 1 aromatic carbocycles. The fourth-order valence-electron chi connectivity index (χ4n) is 2.25. The number of nitrogens with zero attached hydrogens (tertiary/aromatic N) is 1. The van der Waals surface area contributed by atoms with Crippen molar-refractivity contribution in [2.75, 3.05) is 58.0 Å². The van der Waals surface area contributed by atoms with Gasteiger partial charge in [0.15, 0.2) is 0 Å². The van der Waals surface area contributed by atoms with Crippen LogP contribution >= 0.6 is 0 Å². The van der Waals surface area contributed by atoms with Gasteiger partial charge in [0, 0.05) is 38.9 Å². The third-order valence-corrected chi connectivity index (χ3v) is 3.31. The Labute approximate surface area is 120 Å². The Kier molecular flexibility index (Phi) is 5.95. The summed E-state index contributed by atoms with van der Waals surface area (Å²) in [7, 11) is 1.69. The molecule has 1 saturated heterocycles. The van der Waals surface area contributed by atoms with Gasteiger partial charge < -0.3 is 24.4 Å². The fraction of sp³-hybridized carbons (Fsp3) is 0.600. The molecule has 2 rings (SSSR count). The van der Waals surface area contributed by atoms with Crippen LogP contribution in [0.3, 0.4) is 0 Å². The second-order valence-corrected chi connectivity index (χ2v) is 4.62. The summed E-state index contributed by atoms with van der Waals surface area (Å²) in [5.74, 6) is 1.75. The molecule has 1 aliphatic heterocycles. The Hall–Kier alpha value is -1.46. The second kappa shape index (κ2) is 7.97. The van der Waals surface area contributed by atoms with Crippen LogP contribution < -0.4 is 19.7 Å². The minimum absolute atomic E-state index is 0.569. The number of anilines is 1. The molecular formula is C15H24N2O3. The standard InChI is InChI=1S/C15H24N2O3/c1-3-19-10-11-20-15-5-4-13(18-2)12-14(15)17-8-6-16-7-9-17/h4-5,12,16H,3,6-11H2,1-2H3. The first kappa shape index (κ1) is 14.9. The summed E-state index contributed by atoms with van der Waals surface area (Å²) in [6, 6.07) is 5.95. The molecule has 20 heavy (non-hydrogen) atoms. The average molecular weight is 280 g/mol. The highest BCUT2D eigenvalue weighted by Gasteiger charge is 2.16. The minimum Gasteiger partial charge on any atom is -0.497 e. The summed E-state index contributed by atoms with van der Waals surface area (Å²) in [6.45, 7) is 7.84. The van der Waals surface area contributed by atoms with Gasteiger partial charge in [0.25, 0.3) is 0 Å². The Morgan fingerprint density at radius 2 is 2.00 bits per heavy atom. The lowest BCUT2D eigenvalue weighted by Crippen LogP contribution is -2.43. The van der Waals surface area contributed by atoms with E-state index >= 15 is 0 Å². The molecule has 1 heterocycles. The number of rotatable bonds is 7. The van der Waals surface area contributed by atoms with Crippen LogP contribution in [0.4, 0.5) is 5.69 Å². The number of hydrogen-bond acceptors (Lipinski definition) is 5. The van der Waals surface area contributed by atoms with Crippen molar-refractivity contribution in [2.45, 2.75) is 6.92 Å². The van der Waals surface area contributed by atoms with Crippen molar-refractivity contribution in [1.82, 2.24) is 5.32 Å². The molecule has 1 fully saturated rings. The SMILES string of the molecule is CCOCCOc1ccc(OC)cc1N1CCNCC1. The summed E-state index contributed by atoms with van der Waals surface area (Å²) in [5.41, 5.74) is 1.10. The van der Waals surface area contributed by atoms with Gasteiger partial charge in [-0.1, -0.05) is 0 Å². The van der Waals surface area contributed by atoms with Crippen molar-refractivity contribution in [3.8, 4) is 11.5 Å². The number of piperazine rings is 1. The van der Waals surface area contributed by atoms with Gasteiger partial charge in [0.2, 0.25) is 0 Å². The Morgan fingerprint density at radius 3 is 2.70 bits per heavy atom. The summed E-state index contributed by atoms with van der Waals surface area (Å²) < 4.78 is 16.5. The number of nitrogens with one attached hydrogen (secondary N) is 1. The van der Waals surface area contributed by atoms with Crippen molar-refractivity contribution in [1.29, 1.82) is 0 Å². The molecule has 0 unspecified atom stereocenters. The Bertz CT molecular complexity index is 406. The summed E-state index contributed by atoms with van der Waals surface area (Å²) in [4.78, 5) is 2.33. The van der Waals surface area contributed by atoms with E-state index in [0.29, 0.717) is 13.2 Å². The van der Waals surface area contributed by atoms with E-state index in [9.17, 15) is 0 Å². The lowest BCUT2D eigenvalue weighted by Gasteiger charge is -2.31. The van der Waals surface area contributed by atoms with Gasteiger partial charge in [-0.05, 0) is 19.1 Å². The molecule has 0 amide bonds. The van der Waals surface area contributed by atoms with E-state index in [2.05, 4.69) is 10.2 Å². The number of methoxy groups -OCH3 is 1. The molecule has 0 aliphatic carbocycles. The first-order valence-corrected chi connectivity index (χ1v) is 7.19. The Morgan fingerprint density at radius 1 is 1.20 bits per heavy atom. The van der Waals surface area contributed by atoms with E-state index in [-0.39, 0.29) is 0 Å². The van der Waals surface area contributed by atoms with Crippen LogP contribution in [0.15, 0.2) is 18.2 Å². The zero-order valence-corrected chi connectivity index (χ0v) is 12.4. The maximum Gasteiger partial charge on any atom is 0.142 e. The number of benzene rings is 1. The van der Waals surface area contributed by atoms with Crippen molar-refractivity contribution >= 4 is 5.69 Å². The zero-order valence-electron chi connectivity index (χ0n) is 12.4. The van der Waals surface area contributed by atoms with Crippen LogP contribution in [0, 0.1) is 0 Å². The van der Waals surface area contributed by atoms with Gasteiger partial charge in [-0.2, -0.15) is 0 Å². The first-order chi connectivity index (χ1) is 9.85. The predicted molar refractivity (Wildman–Crippen MR) is 80.1 cm³/mol. The maximum atomic E-state index is 5.85. The molecule has 5 heteroatoms. The lowest BCUT2D eigenvalue weighted by atomic mass is 10.2. The topological polar surface area (TPSA) is 43.0 Å². The zero-order chi connectivity index (χ0) is 14.2. The molecule has 0 aromatic heterocycles. The molecule has 1 aliphatic rings. The summed E-state index contributed by atoms with van der Waals surface area (Å²) in [5, 5.41) is 3.36. The van der Waals surface area contributed by atoms with Crippen molar-refractivity contribution in [3.63, 3.8) is 0 Å². The van der Waals surface area contributed by atoms with Gasteiger partial charge in [0.05, 0.1) is 19.4 Å². The largest absolute Gasteiger partial charge is 0.497 e. The molecule has 112 valence electrons. The van der Waals surface area contributed by atoms with Crippen LogP contribution in [-0.4, -0.2) is 53.1 Å². The van der Waals surface area contributed by atoms with Crippen molar-refractivity contribution in [2.24, 2.45) is 0 Å². The molecule has 0 saturated carbocycles. The molecule has 0 bridgehead atoms. The van der Waals surface area contributed by atoms with Gasteiger partial charge in [-0.3, -0.25) is 0 Å². The molecule has 1 aromatic rings. The normalized spacial score (nSPS) is 15.2. The molecule has 0 spiro atoms. The number of hydrogen-bond donors (Lipinski definition) is 1. The van der Waals surface area contributed by atoms with E-state index in [1.165, 1.54) is 0 Å². The molecule has 0 radical (unpaired) electrons. The minimum atomic E-state index is 0.569. The van der Waals surface area contributed by atoms with E-state index in [0.717, 1.165) is 50.0 Å². The fourth-order valence-corrected chi connectivity index (χ4v) is 2.25. The van der Waals surface area contributed by atoms with Crippen molar-refractivity contribution < 1.29 is 14.2 Å². The molecular weight excluding hydrogens is 256 g/mol.